The first-order valence-electron chi connectivity index (χ1n) is 10.1. The number of nitrogens with one attached hydrogen (secondary N) is 1. The molecule has 0 fully saturated rings. The zero-order chi connectivity index (χ0) is 22.0. The third-order valence-corrected chi connectivity index (χ3v) is 6.13. The third kappa shape index (κ3) is 5.14. The fraction of sp³-hybridized carbons (Fsp3) is 0.304. The van der Waals surface area contributed by atoms with Gasteiger partial charge in [-0.15, -0.1) is 0 Å². The van der Waals surface area contributed by atoms with E-state index in [1.165, 1.54) is 0 Å². The van der Waals surface area contributed by atoms with Crippen LogP contribution in [-0.2, 0) is 19.4 Å². The molecule has 0 aliphatic carbocycles. The molecule has 2 amide bonds. The van der Waals surface area contributed by atoms with Crippen molar-refractivity contribution in [2.24, 2.45) is 0 Å². The molecule has 0 radical (unpaired) electrons. The van der Waals surface area contributed by atoms with Crippen LogP contribution < -0.4 is 5.32 Å². The molecule has 1 aliphatic heterocycles. The normalized spacial score (nSPS) is 14.1. The van der Waals surface area contributed by atoms with E-state index in [0.717, 1.165) is 40.3 Å². The molecule has 0 unspecified atom stereocenters. The summed E-state index contributed by atoms with van der Waals surface area (Å²) in [7, 11) is 0. The minimum atomic E-state index is -0.195. The van der Waals surface area contributed by atoms with Crippen LogP contribution in [0.2, 0.25) is 10.0 Å². The van der Waals surface area contributed by atoms with Gasteiger partial charge in [-0.1, -0.05) is 29.3 Å². The fourth-order valence-electron chi connectivity index (χ4n) is 3.64. The van der Waals surface area contributed by atoms with Gasteiger partial charge in [0.05, 0.1) is 28.3 Å². The van der Waals surface area contributed by atoms with Crippen LogP contribution in [0.3, 0.4) is 0 Å². The predicted molar refractivity (Wildman–Crippen MR) is 121 cm³/mol. The number of benzene rings is 1. The lowest BCUT2D eigenvalue weighted by atomic mass is 10.1. The van der Waals surface area contributed by atoms with Crippen LogP contribution in [0.5, 0.6) is 0 Å². The standard InChI is InChI=1S/C23H23Cl2N5O/c1-14-9-16(5-7-26-14)10-22-27-12-18-6-8-30(13-21(18)29-22)23(31)28-15(2)17-3-4-19(24)20(25)11-17/h3-5,7,9,11-12,15H,6,8,10,13H2,1-2H3,(H,28,31)/t15-/m1/s1. The molecule has 3 heterocycles. The molecule has 0 saturated heterocycles. The lowest BCUT2D eigenvalue weighted by Crippen LogP contribution is -2.44. The van der Waals surface area contributed by atoms with Gasteiger partial charge in [0.1, 0.15) is 5.82 Å². The summed E-state index contributed by atoms with van der Waals surface area (Å²) in [6.07, 6.45) is 5.05. The molecule has 6 nitrogen and oxygen atoms in total. The number of rotatable bonds is 4. The number of hydrogen-bond acceptors (Lipinski definition) is 4. The number of fused-ring (bicyclic) bond motifs is 1. The van der Waals surface area contributed by atoms with E-state index in [1.807, 2.05) is 38.2 Å². The number of halogens is 2. The maximum absolute atomic E-state index is 12.9. The number of aromatic nitrogens is 3. The molecule has 4 rings (SSSR count). The summed E-state index contributed by atoms with van der Waals surface area (Å²) in [5, 5.41) is 4.01. The number of urea groups is 1. The summed E-state index contributed by atoms with van der Waals surface area (Å²) in [5.74, 6) is 0.746. The highest BCUT2D eigenvalue weighted by Crippen LogP contribution is 2.26. The van der Waals surface area contributed by atoms with E-state index in [2.05, 4.69) is 15.3 Å². The molecule has 1 N–H and O–H groups in total. The smallest absolute Gasteiger partial charge is 0.318 e. The van der Waals surface area contributed by atoms with Gasteiger partial charge in [-0.25, -0.2) is 14.8 Å². The van der Waals surface area contributed by atoms with Gasteiger partial charge >= 0.3 is 6.03 Å². The monoisotopic (exact) mass is 455 g/mol. The van der Waals surface area contributed by atoms with E-state index in [1.54, 1.807) is 23.2 Å². The Hall–Kier alpha value is -2.70. The Labute approximate surface area is 191 Å². The number of aryl methyl sites for hydroxylation is 1. The van der Waals surface area contributed by atoms with Crippen molar-refractivity contribution in [3.8, 4) is 0 Å². The zero-order valence-electron chi connectivity index (χ0n) is 17.4. The maximum atomic E-state index is 12.9. The number of carbonyl (C=O) groups excluding carboxylic acids is 1. The minimum Gasteiger partial charge on any atom is -0.331 e. The lowest BCUT2D eigenvalue weighted by molar-refractivity contribution is 0.188. The first-order valence-corrected chi connectivity index (χ1v) is 10.9. The summed E-state index contributed by atoms with van der Waals surface area (Å²) >= 11 is 12.1. The van der Waals surface area contributed by atoms with E-state index < -0.39 is 0 Å². The fourth-order valence-corrected chi connectivity index (χ4v) is 3.95. The SMILES string of the molecule is Cc1cc(Cc2ncc3c(n2)CN(C(=O)N[C@H](C)c2ccc(Cl)c(Cl)c2)CC3)ccn1. The number of amides is 2. The molecular weight excluding hydrogens is 433 g/mol. The first kappa shape index (κ1) is 21.5. The summed E-state index contributed by atoms with van der Waals surface area (Å²) in [6.45, 7) is 4.97. The minimum absolute atomic E-state index is 0.130. The molecule has 0 bridgehead atoms. The molecule has 31 heavy (non-hydrogen) atoms. The van der Waals surface area contributed by atoms with Gasteiger partial charge in [0.2, 0.25) is 0 Å². The van der Waals surface area contributed by atoms with Gasteiger partial charge in [0.15, 0.2) is 0 Å². The van der Waals surface area contributed by atoms with Crippen molar-refractivity contribution in [1.29, 1.82) is 0 Å². The second-order valence-corrected chi connectivity index (χ2v) is 8.57. The molecule has 2 aromatic heterocycles. The first-order chi connectivity index (χ1) is 14.9. The zero-order valence-corrected chi connectivity index (χ0v) is 18.9. The van der Waals surface area contributed by atoms with Crippen LogP contribution in [0.15, 0.2) is 42.7 Å². The molecule has 1 aromatic carbocycles. The number of nitrogens with zero attached hydrogens (tertiary/aromatic N) is 4. The average Bonchev–Trinajstić information content (AvgIpc) is 2.75. The Kier molecular flexibility index (Phi) is 6.39. The maximum Gasteiger partial charge on any atom is 0.318 e. The molecular formula is C23H23Cl2N5O. The molecule has 1 atom stereocenters. The van der Waals surface area contributed by atoms with Gasteiger partial charge in [-0.2, -0.15) is 0 Å². The van der Waals surface area contributed by atoms with Gasteiger partial charge in [-0.3, -0.25) is 4.98 Å². The summed E-state index contributed by atoms with van der Waals surface area (Å²) in [5.41, 5.74) is 4.98. The Morgan fingerprint density at radius 1 is 1.19 bits per heavy atom. The Balaban J connectivity index is 1.43. The predicted octanol–water partition coefficient (Wildman–Crippen LogP) is 4.91. The second-order valence-electron chi connectivity index (χ2n) is 7.76. The van der Waals surface area contributed by atoms with Crippen LogP contribution >= 0.6 is 23.2 Å². The third-order valence-electron chi connectivity index (χ3n) is 5.39. The van der Waals surface area contributed by atoms with Crippen LogP contribution in [0.1, 0.15) is 46.9 Å². The van der Waals surface area contributed by atoms with Crippen molar-refractivity contribution < 1.29 is 4.79 Å². The Bertz CT molecular complexity index is 1120. The number of pyridine rings is 1. The molecule has 160 valence electrons. The van der Waals surface area contributed by atoms with Crippen LogP contribution in [-0.4, -0.2) is 32.4 Å². The average molecular weight is 456 g/mol. The molecule has 1 aliphatic rings. The van der Waals surface area contributed by atoms with Crippen LogP contribution in [0.4, 0.5) is 4.79 Å². The second kappa shape index (κ2) is 9.20. The highest BCUT2D eigenvalue weighted by atomic mass is 35.5. The van der Waals surface area contributed by atoms with Gasteiger partial charge < -0.3 is 10.2 Å². The number of carbonyl (C=O) groups is 1. The molecule has 8 heteroatoms. The van der Waals surface area contributed by atoms with Crippen molar-refractivity contribution in [2.75, 3.05) is 6.54 Å². The lowest BCUT2D eigenvalue weighted by Gasteiger charge is -2.29. The Morgan fingerprint density at radius 2 is 2.03 bits per heavy atom. The van der Waals surface area contributed by atoms with Gasteiger partial charge in [0.25, 0.3) is 0 Å². The topological polar surface area (TPSA) is 71.0 Å². The summed E-state index contributed by atoms with van der Waals surface area (Å²) < 4.78 is 0. The van der Waals surface area contributed by atoms with E-state index in [4.69, 9.17) is 28.2 Å². The highest BCUT2D eigenvalue weighted by Gasteiger charge is 2.24. The Morgan fingerprint density at radius 3 is 2.81 bits per heavy atom. The van der Waals surface area contributed by atoms with E-state index >= 15 is 0 Å². The van der Waals surface area contributed by atoms with Crippen molar-refractivity contribution >= 4 is 29.2 Å². The largest absolute Gasteiger partial charge is 0.331 e. The van der Waals surface area contributed by atoms with Crippen molar-refractivity contribution in [1.82, 2.24) is 25.2 Å². The molecule has 0 saturated carbocycles. The highest BCUT2D eigenvalue weighted by molar-refractivity contribution is 6.42. The van der Waals surface area contributed by atoms with Gasteiger partial charge in [0, 0.05) is 31.1 Å². The van der Waals surface area contributed by atoms with Crippen molar-refractivity contribution in [2.45, 2.75) is 39.3 Å². The van der Waals surface area contributed by atoms with E-state index in [-0.39, 0.29) is 12.1 Å². The molecule has 0 spiro atoms. The summed E-state index contributed by atoms with van der Waals surface area (Å²) in [4.78, 5) is 28.1. The van der Waals surface area contributed by atoms with E-state index in [0.29, 0.717) is 29.6 Å². The summed E-state index contributed by atoms with van der Waals surface area (Å²) in [6, 6.07) is 9.06. The number of hydrogen-bond donors (Lipinski definition) is 1. The van der Waals surface area contributed by atoms with Crippen molar-refractivity contribution in [3.63, 3.8) is 0 Å². The molecule has 3 aromatic rings. The quantitative estimate of drug-likeness (QED) is 0.606. The van der Waals surface area contributed by atoms with Gasteiger partial charge in [-0.05, 0) is 61.2 Å². The van der Waals surface area contributed by atoms with E-state index in [9.17, 15) is 4.79 Å². The van der Waals surface area contributed by atoms with Crippen LogP contribution in [0, 0.1) is 6.92 Å². The van der Waals surface area contributed by atoms with Crippen LogP contribution in [0.25, 0.3) is 0 Å². The van der Waals surface area contributed by atoms with Crippen molar-refractivity contribution in [3.05, 3.63) is 86.7 Å².